The van der Waals surface area contributed by atoms with Crippen LogP contribution in [0.5, 0.6) is 0 Å². The summed E-state index contributed by atoms with van der Waals surface area (Å²) in [6.07, 6.45) is 4.45. The molecule has 2 aromatic rings. The van der Waals surface area contributed by atoms with E-state index in [-0.39, 0.29) is 32.1 Å². The van der Waals surface area contributed by atoms with E-state index in [0.717, 1.165) is 32.1 Å². The maximum Gasteiger partial charge on any atom is 0.338 e. The van der Waals surface area contributed by atoms with Crippen LogP contribution in [-0.4, -0.2) is 80.7 Å². The highest BCUT2D eigenvalue weighted by atomic mass is 16.5. The van der Waals surface area contributed by atoms with Gasteiger partial charge in [0, 0.05) is 13.2 Å². The van der Waals surface area contributed by atoms with Crippen molar-refractivity contribution in [2.24, 2.45) is 0 Å². The SMILES string of the molecule is CCCCCOC(=O)c1ccc(C(=O)OC)cc1.COC(=O)c1ccc(C(=O)OC)cc1.O.OCCCCO.[CH3-]. The first-order valence-corrected chi connectivity index (χ1v) is 12.1. The fourth-order valence-electron chi connectivity index (χ4n) is 2.66. The first-order valence-electron chi connectivity index (χ1n) is 12.1. The van der Waals surface area contributed by atoms with Gasteiger partial charge in [-0.3, -0.25) is 0 Å². The van der Waals surface area contributed by atoms with Crippen LogP contribution >= 0.6 is 0 Å². The Morgan fingerprint density at radius 3 is 1.12 bits per heavy atom. The predicted octanol–water partition coefficient (Wildman–Crippen LogP) is 3.46. The Labute approximate surface area is 236 Å². The highest BCUT2D eigenvalue weighted by molar-refractivity contribution is 5.94. The van der Waals surface area contributed by atoms with Gasteiger partial charge < -0.3 is 42.1 Å². The highest BCUT2D eigenvalue weighted by Crippen LogP contribution is 2.08. The minimum Gasteiger partial charge on any atom is -0.465 e. The van der Waals surface area contributed by atoms with Gasteiger partial charge in [0.15, 0.2) is 0 Å². The first kappa shape index (κ1) is 40.7. The van der Waals surface area contributed by atoms with E-state index in [0.29, 0.717) is 28.9 Å². The molecule has 226 valence electrons. The number of carbonyl (C=O) groups is 4. The minimum atomic E-state index is -0.429. The van der Waals surface area contributed by atoms with Crippen molar-refractivity contribution in [3.63, 3.8) is 0 Å². The largest absolute Gasteiger partial charge is 0.465 e. The molecule has 0 aromatic heterocycles. The van der Waals surface area contributed by atoms with E-state index in [2.05, 4.69) is 21.1 Å². The van der Waals surface area contributed by atoms with Crippen LogP contribution in [0.25, 0.3) is 0 Å². The van der Waals surface area contributed by atoms with Gasteiger partial charge in [-0.1, -0.05) is 19.8 Å². The Kier molecular flexibility index (Phi) is 25.9. The second kappa shape index (κ2) is 25.5. The molecule has 0 fully saturated rings. The van der Waals surface area contributed by atoms with E-state index in [4.69, 9.17) is 14.9 Å². The zero-order valence-electron chi connectivity index (χ0n) is 23.9. The van der Waals surface area contributed by atoms with Crippen molar-refractivity contribution in [1.82, 2.24) is 0 Å². The van der Waals surface area contributed by atoms with E-state index in [9.17, 15) is 19.2 Å². The molecule has 0 aliphatic heterocycles. The van der Waals surface area contributed by atoms with Crippen LogP contribution in [-0.2, 0) is 18.9 Å². The fraction of sp³-hybridized carbons (Fsp3) is 0.414. The molecule has 0 unspecified atom stereocenters. The summed E-state index contributed by atoms with van der Waals surface area (Å²) in [7, 11) is 3.92. The summed E-state index contributed by atoms with van der Waals surface area (Å²) >= 11 is 0. The number of hydrogen-bond donors (Lipinski definition) is 2. The monoisotopic (exact) mass is 567 g/mol. The average Bonchev–Trinajstić information content (AvgIpc) is 2.97. The molecule has 2 aromatic carbocycles. The summed E-state index contributed by atoms with van der Waals surface area (Å²) in [5.41, 5.74) is 1.67. The Bertz CT molecular complexity index is 916. The van der Waals surface area contributed by atoms with Gasteiger partial charge in [0.2, 0.25) is 0 Å². The van der Waals surface area contributed by atoms with Crippen molar-refractivity contribution in [3.05, 3.63) is 78.2 Å². The van der Waals surface area contributed by atoms with E-state index in [1.807, 2.05) is 0 Å². The van der Waals surface area contributed by atoms with Crippen LogP contribution in [0.15, 0.2) is 48.5 Å². The van der Waals surface area contributed by atoms with Crippen molar-refractivity contribution in [2.75, 3.05) is 41.2 Å². The van der Waals surface area contributed by atoms with Gasteiger partial charge in [-0.15, -0.1) is 0 Å². The van der Waals surface area contributed by atoms with Gasteiger partial charge >= 0.3 is 23.9 Å². The molecule has 0 bridgehead atoms. The van der Waals surface area contributed by atoms with Crippen molar-refractivity contribution < 1.29 is 53.8 Å². The van der Waals surface area contributed by atoms with Gasteiger partial charge in [-0.25, -0.2) is 19.2 Å². The van der Waals surface area contributed by atoms with Gasteiger partial charge in [-0.05, 0) is 67.8 Å². The van der Waals surface area contributed by atoms with Crippen LogP contribution in [0.4, 0.5) is 0 Å². The summed E-state index contributed by atoms with van der Waals surface area (Å²) in [5.74, 6) is -1.64. The normalized spacial score (nSPS) is 9.05. The van der Waals surface area contributed by atoms with Crippen LogP contribution in [0, 0.1) is 7.43 Å². The number of aliphatic hydroxyl groups excluding tert-OH is 2. The Balaban J connectivity index is -0.000000556. The van der Waals surface area contributed by atoms with E-state index in [1.54, 1.807) is 24.3 Å². The maximum atomic E-state index is 11.6. The summed E-state index contributed by atoms with van der Waals surface area (Å²) in [5, 5.41) is 16.2. The van der Waals surface area contributed by atoms with Crippen LogP contribution in [0.2, 0.25) is 0 Å². The second-order valence-corrected chi connectivity index (χ2v) is 7.63. The molecule has 40 heavy (non-hydrogen) atoms. The molecular weight excluding hydrogens is 524 g/mol. The second-order valence-electron chi connectivity index (χ2n) is 7.63. The smallest absolute Gasteiger partial charge is 0.338 e. The molecule has 11 heteroatoms. The lowest BCUT2D eigenvalue weighted by Crippen LogP contribution is -2.07. The van der Waals surface area contributed by atoms with E-state index in [1.165, 1.54) is 45.6 Å². The number of carbonyl (C=O) groups excluding carboxylic acids is 4. The maximum absolute atomic E-state index is 11.6. The third kappa shape index (κ3) is 16.9. The van der Waals surface area contributed by atoms with Crippen LogP contribution in [0.1, 0.15) is 80.5 Å². The molecule has 0 saturated heterocycles. The summed E-state index contributed by atoms with van der Waals surface area (Å²) < 4.78 is 18.7. The molecule has 11 nitrogen and oxygen atoms in total. The van der Waals surface area contributed by atoms with Gasteiger partial charge in [0.05, 0.1) is 50.2 Å². The number of benzene rings is 2. The van der Waals surface area contributed by atoms with E-state index < -0.39 is 17.9 Å². The Morgan fingerprint density at radius 2 is 0.875 bits per heavy atom. The highest BCUT2D eigenvalue weighted by Gasteiger charge is 2.10. The minimum absolute atomic E-state index is 0. The number of esters is 4. The number of ether oxygens (including phenoxy) is 4. The first-order chi connectivity index (χ1) is 18.3. The van der Waals surface area contributed by atoms with Gasteiger partial charge in [0.25, 0.3) is 0 Å². The zero-order valence-corrected chi connectivity index (χ0v) is 23.9. The number of rotatable bonds is 11. The third-order valence-electron chi connectivity index (χ3n) is 4.82. The van der Waals surface area contributed by atoms with Crippen molar-refractivity contribution in [1.29, 1.82) is 0 Å². The zero-order chi connectivity index (χ0) is 28.8. The molecule has 0 radical (unpaired) electrons. The number of hydrogen-bond acceptors (Lipinski definition) is 10. The lowest BCUT2D eigenvalue weighted by atomic mass is 10.1. The number of aliphatic hydroxyl groups is 2. The lowest BCUT2D eigenvalue weighted by molar-refractivity contribution is 0.0495. The molecule has 2 rings (SSSR count). The van der Waals surface area contributed by atoms with Gasteiger partial charge in [0.1, 0.15) is 0 Å². The van der Waals surface area contributed by atoms with Crippen LogP contribution in [0.3, 0.4) is 0 Å². The van der Waals surface area contributed by atoms with Crippen LogP contribution < -0.4 is 0 Å². The molecule has 0 amide bonds. The number of unbranched alkanes of at least 4 members (excludes halogenated alkanes) is 3. The molecule has 0 spiro atoms. The fourth-order valence-corrected chi connectivity index (χ4v) is 2.66. The molecule has 0 aliphatic rings. The Hall–Kier alpha value is -3.80. The van der Waals surface area contributed by atoms with E-state index >= 15 is 0 Å². The Morgan fingerprint density at radius 1 is 0.575 bits per heavy atom. The molecule has 4 N–H and O–H groups in total. The summed E-state index contributed by atoms with van der Waals surface area (Å²) in [6.45, 7) is 2.92. The van der Waals surface area contributed by atoms with Gasteiger partial charge in [-0.2, -0.15) is 0 Å². The third-order valence-corrected chi connectivity index (χ3v) is 4.82. The predicted molar refractivity (Wildman–Crippen MR) is 150 cm³/mol. The lowest BCUT2D eigenvalue weighted by Gasteiger charge is -2.05. The average molecular weight is 568 g/mol. The quantitative estimate of drug-likeness (QED) is 0.177. The summed E-state index contributed by atoms with van der Waals surface area (Å²) in [4.78, 5) is 44.9. The topological polar surface area (TPSA) is 177 Å². The van der Waals surface area contributed by atoms with Crippen molar-refractivity contribution in [2.45, 2.75) is 39.0 Å². The van der Waals surface area contributed by atoms with Crippen molar-refractivity contribution >= 4 is 23.9 Å². The number of methoxy groups -OCH3 is 3. The van der Waals surface area contributed by atoms with Crippen molar-refractivity contribution in [3.8, 4) is 0 Å². The summed E-state index contributed by atoms with van der Waals surface area (Å²) in [6, 6.07) is 12.3. The molecule has 0 atom stereocenters. The molecule has 0 aliphatic carbocycles. The molecule has 0 heterocycles. The molecule has 0 saturated carbocycles. The molecular formula is C29H43O11-. The standard InChI is InChI=1S/C14H18O4.C10H10O4.C4H10O2.CH3.H2O/c1-3-4-5-10-18-14(16)12-8-6-11(7-9-12)13(15)17-2;1-13-9(11)7-3-5-8(6-4-7)10(12)14-2;5-3-1-2-4-6;;/h6-9H,3-5,10H2,1-2H3;3-6H,1-2H3;5-6H,1-4H2;1H3;1H2/q;;;-1;.